The van der Waals surface area contributed by atoms with Crippen LogP contribution >= 0.6 is 12.2 Å². The van der Waals surface area contributed by atoms with Crippen LogP contribution in [0.3, 0.4) is 0 Å². The highest BCUT2D eigenvalue weighted by Gasteiger charge is 2.40. The van der Waals surface area contributed by atoms with E-state index in [2.05, 4.69) is 0 Å². The molecule has 0 aliphatic carbocycles. The van der Waals surface area contributed by atoms with Crippen LogP contribution in [0, 0.1) is 0 Å². The van der Waals surface area contributed by atoms with E-state index in [4.69, 9.17) is 22.7 Å². The first-order chi connectivity index (χ1) is 8.82. The van der Waals surface area contributed by atoms with Crippen molar-refractivity contribution in [3.05, 3.63) is 0 Å². The van der Waals surface area contributed by atoms with E-state index in [0.717, 1.165) is 12.8 Å². The van der Waals surface area contributed by atoms with Gasteiger partial charge in [0.1, 0.15) is 11.3 Å². The molecule has 1 aliphatic heterocycles. The number of sulfonamides is 1. The molecule has 1 fully saturated rings. The van der Waals surface area contributed by atoms with Crippen molar-refractivity contribution in [2.24, 2.45) is 5.73 Å². The predicted molar refractivity (Wildman–Crippen MR) is 76.1 cm³/mol. The van der Waals surface area contributed by atoms with E-state index in [9.17, 15) is 13.2 Å². The Kier molecular flexibility index (Phi) is 5.69. The Morgan fingerprint density at radius 2 is 2.16 bits per heavy atom. The van der Waals surface area contributed by atoms with Crippen molar-refractivity contribution in [2.45, 2.75) is 44.4 Å². The van der Waals surface area contributed by atoms with E-state index in [-0.39, 0.29) is 11.6 Å². The largest absolute Gasteiger partial charge is 0.465 e. The standard InChI is InChI=1S/C11H20N2O4S2/c1-3-17-11(14)9-6-4-5-7-13(9)19(15,16)8(2)10(12)18/h8-9H,3-7H2,1-2H3,(H2,12,18). The molecular weight excluding hydrogens is 288 g/mol. The van der Waals surface area contributed by atoms with Gasteiger partial charge in [-0.1, -0.05) is 12.2 Å². The van der Waals surface area contributed by atoms with E-state index in [1.165, 1.54) is 11.2 Å². The lowest BCUT2D eigenvalue weighted by Gasteiger charge is -2.34. The number of hydrogen-bond acceptors (Lipinski definition) is 5. The molecular formula is C11H20N2O4S2. The van der Waals surface area contributed by atoms with Gasteiger partial charge < -0.3 is 10.5 Å². The molecule has 0 aromatic carbocycles. The third kappa shape index (κ3) is 3.64. The van der Waals surface area contributed by atoms with Gasteiger partial charge in [-0.15, -0.1) is 0 Å². The minimum absolute atomic E-state index is 0.0896. The number of nitrogens with zero attached hydrogens (tertiary/aromatic N) is 1. The summed E-state index contributed by atoms with van der Waals surface area (Å²) >= 11 is 4.75. The van der Waals surface area contributed by atoms with E-state index >= 15 is 0 Å². The molecule has 2 N–H and O–H groups in total. The Bertz CT molecular complexity index is 450. The fraction of sp³-hybridized carbons (Fsp3) is 0.818. The maximum absolute atomic E-state index is 12.4. The minimum atomic E-state index is -3.71. The van der Waals surface area contributed by atoms with Crippen LogP contribution in [0.4, 0.5) is 0 Å². The molecule has 6 nitrogen and oxygen atoms in total. The zero-order valence-corrected chi connectivity index (χ0v) is 12.8. The Balaban J connectivity index is 3.00. The van der Waals surface area contributed by atoms with Gasteiger partial charge in [-0.2, -0.15) is 4.31 Å². The summed E-state index contributed by atoms with van der Waals surface area (Å²) in [6, 6.07) is -0.754. The monoisotopic (exact) mass is 308 g/mol. The third-order valence-electron chi connectivity index (χ3n) is 3.19. The second-order valence-electron chi connectivity index (χ2n) is 4.46. The number of esters is 1. The first-order valence-electron chi connectivity index (χ1n) is 6.29. The van der Waals surface area contributed by atoms with Crippen LogP contribution in [-0.2, 0) is 19.6 Å². The number of nitrogens with two attached hydrogens (primary N) is 1. The van der Waals surface area contributed by atoms with Gasteiger partial charge in [-0.25, -0.2) is 8.42 Å². The molecule has 1 saturated heterocycles. The third-order valence-corrected chi connectivity index (χ3v) is 5.93. The summed E-state index contributed by atoms with van der Waals surface area (Å²) in [4.78, 5) is 11.8. The lowest BCUT2D eigenvalue weighted by molar-refractivity contribution is -0.148. The summed E-state index contributed by atoms with van der Waals surface area (Å²) in [5.41, 5.74) is 5.42. The van der Waals surface area contributed by atoms with Crippen LogP contribution in [0.25, 0.3) is 0 Å². The zero-order chi connectivity index (χ0) is 14.6. The Morgan fingerprint density at radius 1 is 1.53 bits per heavy atom. The molecule has 0 amide bonds. The molecule has 2 atom stereocenters. The molecule has 2 unspecified atom stereocenters. The van der Waals surface area contributed by atoms with Crippen molar-refractivity contribution in [1.29, 1.82) is 0 Å². The second-order valence-corrected chi connectivity index (χ2v) is 7.14. The first-order valence-corrected chi connectivity index (χ1v) is 8.20. The van der Waals surface area contributed by atoms with E-state index in [1.54, 1.807) is 6.92 Å². The van der Waals surface area contributed by atoms with Crippen molar-refractivity contribution in [3.63, 3.8) is 0 Å². The van der Waals surface area contributed by atoms with Crippen LogP contribution in [0.5, 0.6) is 0 Å². The van der Waals surface area contributed by atoms with Crippen molar-refractivity contribution in [2.75, 3.05) is 13.2 Å². The van der Waals surface area contributed by atoms with E-state index < -0.39 is 27.3 Å². The molecule has 0 aromatic heterocycles. The smallest absolute Gasteiger partial charge is 0.324 e. The highest BCUT2D eigenvalue weighted by Crippen LogP contribution is 2.24. The first kappa shape index (κ1) is 16.3. The van der Waals surface area contributed by atoms with Crippen LogP contribution < -0.4 is 5.73 Å². The van der Waals surface area contributed by atoms with Gasteiger partial charge in [-0.05, 0) is 33.1 Å². The van der Waals surface area contributed by atoms with Crippen molar-refractivity contribution in [1.82, 2.24) is 4.31 Å². The summed E-state index contributed by atoms with van der Waals surface area (Å²) < 4.78 is 30.9. The quantitative estimate of drug-likeness (QED) is 0.584. The molecule has 1 heterocycles. The lowest BCUT2D eigenvalue weighted by atomic mass is 10.1. The molecule has 1 aliphatic rings. The maximum atomic E-state index is 12.4. The average molecular weight is 308 g/mol. The highest BCUT2D eigenvalue weighted by molar-refractivity contribution is 7.92. The topological polar surface area (TPSA) is 89.7 Å². The highest BCUT2D eigenvalue weighted by atomic mass is 32.2. The lowest BCUT2D eigenvalue weighted by Crippen LogP contribution is -2.53. The molecule has 1 rings (SSSR count). The number of carbonyl (C=O) groups excluding carboxylic acids is 1. The van der Waals surface area contributed by atoms with Crippen LogP contribution in [0.2, 0.25) is 0 Å². The van der Waals surface area contributed by atoms with Crippen molar-refractivity contribution in [3.8, 4) is 0 Å². The molecule has 0 aromatic rings. The van der Waals surface area contributed by atoms with Crippen LogP contribution in [0.1, 0.15) is 33.1 Å². The number of hydrogen-bond donors (Lipinski definition) is 1. The normalized spacial score (nSPS) is 22.7. The van der Waals surface area contributed by atoms with E-state index in [0.29, 0.717) is 13.0 Å². The number of ether oxygens (including phenoxy) is 1. The Morgan fingerprint density at radius 3 is 2.68 bits per heavy atom. The van der Waals surface area contributed by atoms with Gasteiger partial charge in [0.2, 0.25) is 10.0 Å². The van der Waals surface area contributed by atoms with Gasteiger partial charge in [-0.3, -0.25) is 4.79 Å². The van der Waals surface area contributed by atoms with Gasteiger partial charge >= 0.3 is 5.97 Å². The fourth-order valence-electron chi connectivity index (χ4n) is 2.03. The molecule has 0 bridgehead atoms. The van der Waals surface area contributed by atoms with E-state index in [1.807, 2.05) is 0 Å². The predicted octanol–water partition coefficient (Wildman–Crippen LogP) is 0.408. The summed E-state index contributed by atoms with van der Waals surface area (Å²) in [6.45, 7) is 3.67. The van der Waals surface area contributed by atoms with Gasteiger partial charge in [0.25, 0.3) is 0 Å². The second kappa shape index (κ2) is 6.62. The van der Waals surface area contributed by atoms with Crippen molar-refractivity contribution < 1.29 is 17.9 Å². The van der Waals surface area contributed by atoms with Crippen LogP contribution in [0.15, 0.2) is 0 Å². The Labute approximate surface area is 119 Å². The molecule has 8 heteroatoms. The average Bonchev–Trinajstić information content (AvgIpc) is 2.38. The molecule has 19 heavy (non-hydrogen) atoms. The van der Waals surface area contributed by atoms with Crippen molar-refractivity contribution >= 4 is 33.2 Å². The number of thiocarbonyl (C=S) groups is 1. The number of carbonyl (C=O) groups is 1. The number of rotatable bonds is 5. The minimum Gasteiger partial charge on any atom is -0.465 e. The van der Waals surface area contributed by atoms with Crippen LogP contribution in [-0.4, -0.2) is 48.1 Å². The zero-order valence-electron chi connectivity index (χ0n) is 11.2. The SMILES string of the molecule is CCOC(=O)C1CCCCN1S(=O)(=O)C(C)C(N)=S. The summed E-state index contributed by atoms with van der Waals surface area (Å²) in [7, 11) is -3.71. The fourth-order valence-corrected chi connectivity index (χ4v) is 4.03. The Hall–Kier alpha value is -0.730. The number of piperidine rings is 1. The summed E-state index contributed by atoms with van der Waals surface area (Å²) in [5, 5.41) is -0.975. The molecule has 110 valence electrons. The van der Waals surface area contributed by atoms with Gasteiger partial charge in [0, 0.05) is 6.54 Å². The summed E-state index contributed by atoms with van der Waals surface area (Å²) in [6.07, 6.45) is 2.00. The molecule has 0 radical (unpaired) electrons. The van der Waals surface area contributed by atoms with Gasteiger partial charge in [0.15, 0.2) is 0 Å². The molecule has 0 spiro atoms. The van der Waals surface area contributed by atoms with Gasteiger partial charge in [0.05, 0.1) is 11.6 Å². The maximum Gasteiger partial charge on any atom is 0.324 e. The summed E-state index contributed by atoms with van der Waals surface area (Å²) in [5.74, 6) is -0.499. The molecule has 0 saturated carbocycles.